The fourth-order valence-corrected chi connectivity index (χ4v) is 3.05. The third kappa shape index (κ3) is 3.75. The molecule has 0 saturated carbocycles. The van der Waals surface area contributed by atoms with Crippen molar-refractivity contribution in [2.24, 2.45) is 5.92 Å². The smallest absolute Gasteiger partial charge is 0.422 e. The lowest BCUT2D eigenvalue weighted by Crippen LogP contribution is -2.54. The number of carbonyl (C=O) groups excluding carboxylic acids is 1. The summed E-state index contributed by atoms with van der Waals surface area (Å²) in [5.74, 6) is 0.353. The molecule has 0 spiro atoms. The van der Waals surface area contributed by atoms with Gasteiger partial charge < -0.3 is 14.5 Å². The van der Waals surface area contributed by atoms with Gasteiger partial charge in [-0.1, -0.05) is 0 Å². The Kier molecular flexibility index (Phi) is 4.23. The highest BCUT2D eigenvalue weighted by molar-refractivity contribution is 5.67. The number of halogens is 3. The summed E-state index contributed by atoms with van der Waals surface area (Å²) < 4.78 is 40.3. The summed E-state index contributed by atoms with van der Waals surface area (Å²) in [7, 11) is 2.06. The van der Waals surface area contributed by atoms with Crippen molar-refractivity contribution in [3.05, 3.63) is 0 Å². The van der Waals surface area contributed by atoms with Crippen molar-refractivity contribution in [1.29, 1.82) is 0 Å². The Bertz CT molecular complexity index is 335. The lowest BCUT2D eigenvalue weighted by atomic mass is 9.84. The Labute approximate surface area is 110 Å². The molecule has 7 heteroatoms. The standard InChI is InChI=1S/C12H19F3N2O2/c1-16-5-2-3-9-7-17(6-4-10(9)16)11(18)19-8-12(13,14)15/h9-10H,2-8H2,1H3. The van der Waals surface area contributed by atoms with Gasteiger partial charge >= 0.3 is 12.3 Å². The van der Waals surface area contributed by atoms with Crippen LogP contribution in [0.25, 0.3) is 0 Å². The number of rotatable bonds is 1. The minimum Gasteiger partial charge on any atom is -0.440 e. The highest BCUT2D eigenvalue weighted by atomic mass is 19.4. The normalized spacial score (nSPS) is 28.9. The molecule has 19 heavy (non-hydrogen) atoms. The van der Waals surface area contributed by atoms with Crippen LogP contribution in [0.15, 0.2) is 0 Å². The van der Waals surface area contributed by atoms with E-state index >= 15 is 0 Å². The fraction of sp³-hybridized carbons (Fsp3) is 0.917. The van der Waals surface area contributed by atoms with Gasteiger partial charge in [0.2, 0.25) is 0 Å². The molecule has 2 heterocycles. The van der Waals surface area contributed by atoms with Crippen LogP contribution in [0.4, 0.5) is 18.0 Å². The first-order valence-electron chi connectivity index (χ1n) is 6.55. The van der Waals surface area contributed by atoms with E-state index in [0.717, 1.165) is 25.8 Å². The zero-order valence-electron chi connectivity index (χ0n) is 10.9. The molecule has 2 fully saturated rings. The zero-order valence-corrected chi connectivity index (χ0v) is 10.9. The van der Waals surface area contributed by atoms with Crippen LogP contribution < -0.4 is 0 Å². The van der Waals surface area contributed by atoms with E-state index in [4.69, 9.17) is 0 Å². The molecule has 0 N–H and O–H groups in total. The Balaban J connectivity index is 1.85. The molecule has 110 valence electrons. The van der Waals surface area contributed by atoms with E-state index in [9.17, 15) is 18.0 Å². The topological polar surface area (TPSA) is 32.8 Å². The van der Waals surface area contributed by atoms with E-state index in [2.05, 4.69) is 16.7 Å². The van der Waals surface area contributed by atoms with E-state index in [1.165, 1.54) is 4.90 Å². The Morgan fingerprint density at radius 1 is 1.32 bits per heavy atom. The van der Waals surface area contributed by atoms with Crippen LogP contribution in [0.2, 0.25) is 0 Å². The van der Waals surface area contributed by atoms with Gasteiger partial charge in [-0.2, -0.15) is 13.2 Å². The second kappa shape index (κ2) is 5.56. The number of likely N-dealkylation sites (tertiary alicyclic amines) is 2. The van der Waals surface area contributed by atoms with Gasteiger partial charge in [-0.05, 0) is 38.8 Å². The van der Waals surface area contributed by atoms with Crippen molar-refractivity contribution >= 4 is 6.09 Å². The van der Waals surface area contributed by atoms with Gasteiger partial charge in [0.1, 0.15) is 0 Å². The number of carbonyl (C=O) groups is 1. The number of nitrogens with zero attached hydrogens (tertiary/aromatic N) is 2. The summed E-state index contributed by atoms with van der Waals surface area (Å²) in [4.78, 5) is 15.3. The Morgan fingerprint density at radius 2 is 2.05 bits per heavy atom. The Morgan fingerprint density at radius 3 is 2.74 bits per heavy atom. The van der Waals surface area contributed by atoms with E-state index in [1.807, 2.05) is 0 Å². The third-order valence-electron chi connectivity index (χ3n) is 3.96. The molecule has 0 aromatic rings. The third-order valence-corrected chi connectivity index (χ3v) is 3.96. The van der Waals surface area contributed by atoms with Crippen LogP contribution >= 0.6 is 0 Å². The molecule has 1 amide bonds. The molecule has 4 nitrogen and oxygen atoms in total. The van der Waals surface area contributed by atoms with Gasteiger partial charge in [-0.15, -0.1) is 0 Å². The Hall–Kier alpha value is -0.980. The summed E-state index contributed by atoms with van der Waals surface area (Å²) in [6.07, 6.45) is -2.40. The summed E-state index contributed by atoms with van der Waals surface area (Å²) in [5, 5.41) is 0. The summed E-state index contributed by atoms with van der Waals surface area (Å²) in [6.45, 7) is 0.532. The van der Waals surface area contributed by atoms with Crippen LogP contribution in [0.1, 0.15) is 19.3 Å². The number of amides is 1. The number of fused-ring (bicyclic) bond motifs is 1. The van der Waals surface area contributed by atoms with Crippen LogP contribution in [-0.4, -0.2) is 61.4 Å². The van der Waals surface area contributed by atoms with Crippen molar-refractivity contribution in [3.63, 3.8) is 0 Å². The van der Waals surface area contributed by atoms with Crippen molar-refractivity contribution in [3.8, 4) is 0 Å². The van der Waals surface area contributed by atoms with E-state index in [1.54, 1.807) is 0 Å². The minimum atomic E-state index is -4.46. The second-order valence-corrected chi connectivity index (χ2v) is 5.35. The molecule has 2 rings (SSSR count). The SMILES string of the molecule is CN1CCCC2CN(C(=O)OCC(F)(F)F)CCC21. The van der Waals surface area contributed by atoms with Gasteiger partial charge in [-0.25, -0.2) is 4.79 Å². The van der Waals surface area contributed by atoms with Crippen LogP contribution in [0.5, 0.6) is 0 Å². The number of piperidine rings is 2. The molecule has 2 atom stereocenters. The van der Waals surface area contributed by atoms with Gasteiger partial charge in [0.25, 0.3) is 0 Å². The molecule has 0 radical (unpaired) electrons. The molecule has 0 aromatic heterocycles. The number of hydrogen-bond acceptors (Lipinski definition) is 3. The predicted molar refractivity (Wildman–Crippen MR) is 62.7 cm³/mol. The van der Waals surface area contributed by atoms with E-state index in [-0.39, 0.29) is 0 Å². The van der Waals surface area contributed by atoms with Crippen molar-refractivity contribution < 1.29 is 22.7 Å². The molecule has 0 bridgehead atoms. The quantitative estimate of drug-likeness (QED) is 0.737. The molecule has 0 aliphatic carbocycles. The van der Waals surface area contributed by atoms with Gasteiger partial charge in [-0.3, -0.25) is 0 Å². The highest BCUT2D eigenvalue weighted by Gasteiger charge is 2.37. The molecule has 2 unspecified atom stereocenters. The monoisotopic (exact) mass is 280 g/mol. The molecule has 0 aromatic carbocycles. The van der Waals surface area contributed by atoms with Crippen LogP contribution in [0, 0.1) is 5.92 Å². The van der Waals surface area contributed by atoms with Crippen molar-refractivity contribution in [2.75, 3.05) is 33.3 Å². The first-order chi connectivity index (χ1) is 8.87. The number of hydrogen-bond donors (Lipinski definition) is 0. The number of alkyl halides is 3. The predicted octanol–water partition coefficient (Wildman–Crippen LogP) is 2.10. The molecular weight excluding hydrogens is 261 g/mol. The van der Waals surface area contributed by atoms with Gasteiger partial charge in [0, 0.05) is 19.1 Å². The van der Waals surface area contributed by atoms with Crippen molar-refractivity contribution in [1.82, 2.24) is 9.80 Å². The van der Waals surface area contributed by atoms with Gasteiger partial charge in [0.15, 0.2) is 6.61 Å². The van der Waals surface area contributed by atoms with Crippen LogP contribution in [-0.2, 0) is 4.74 Å². The summed E-state index contributed by atoms with van der Waals surface area (Å²) in [5.41, 5.74) is 0. The largest absolute Gasteiger partial charge is 0.440 e. The maximum Gasteiger partial charge on any atom is 0.422 e. The molecule has 2 aliphatic rings. The zero-order chi connectivity index (χ0) is 14.0. The average molecular weight is 280 g/mol. The van der Waals surface area contributed by atoms with E-state index < -0.39 is 18.9 Å². The lowest BCUT2D eigenvalue weighted by molar-refractivity contribution is -0.163. The second-order valence-electron chi connectivity index (χ2n) is 5.35. The first kappa shape index (κ1) is 14.4. The maximum atomic E-state index is 12.0. The summed E-state index contributed by atoms with van der Waals surface area (Å²) >= 11 is 0. The van der Waals surface area contributed by atoms with Gasteiger partial charge in [0.05, 0.1) is 0 Å². The highest BCUT2D eigenvalue weighted by Crippen LogP contribution is 2.29. The number of ether oxygens (including phenoxy) is 1. The molecule has 2 saturated heterocycles. The molecular formula is C12H19F3N2O2. The lowest BCUT2D eigenvalue weighted by Gasteiger charge is -2.45. The van der Waals surface area contributed by atoms with Crippen molar-refractivity contribution in [2.45, 2.75) is 31.5 Å². The average Bonchev–Trinajstić information content (AvgIpc) is 2.35. The van der Waals surface area contributed by atoms with Crippen LogP contribution in [0.3, 0.4) is 0 Å². The summed E-state index contributed by atoms with van der Waals surface area (Å²) in [6, 6.07) is 0.445. The fourth-order valence-electron chi connectivity index (χ4n) is 3.05. The molecule has 2 aliphatic heterocycles. The minimum absolute atomic E-state index is 0.353. The maximum absolute atomic E-state index is 12.0. The van der Waals surface area contributed by atoms with E-state index in [0.29, 0.717) is 25.0 Å². The first-order valence-corrected chi connectivity index (χ1v) is 6.55.